The van der Waals surface area contributed by atoms with Crippen LogP contribution in [0.15, 0.2) is 36.8 Å². The second kappa shape index (κ2) is 6.84. The van der Waals surface area contributed by atoms with Crippen molar-refractivity contribution in [3.05, 3.63) is 42.5 Å². The highest BCUT2D eigenvalue weighted by molar-refractivity contribution is 5.92. The number of rotatable bonds is 2. The number of hydrogen-bond acceptors (Lipinski definition) is 5. The number of aromatic amines is 1. The number of piperidine rings is 1. The van der Waals surface area contributed by atoms with E-state index >= 15 is 0 Å². The molecule has 2 aliphatic heterocycles. The van der Waals surface area contributed by atoms with Gasteiger partial charge in [0, 0.05) is 44.0 Å². The number of H-pyrrole nitrogens is 1. The first-order valence-electron chi connectivity index (χ1n) is 8.77. The summed E-state index contributed by atoms with van der Waals surface area (Å²) in [7, 11) is 0. The molecule has 25 heavy (non-hydrogen) atoms. The van der Waals surface area contributed by atoms with E-state index in [9.17, 15) is 4.79 Å². The maximum atomic E-state index is 12.7. The summed E-state index contributed by atoms with van der Waals surface area (Å²) in [5.74, 6) is 0.0220. The van der Waals surface area contributed by atoms with Crippen LogP contribution in [0.2, 0.25) is 0 Å². The van der Waals surface area contributed by atoms with Gasteiger partial charge in [0.2, 0.25) is 0 Å². The predicted octanol–water partition coefficient (Wildman–Crippen LogP) is 1.56. The van der Waals surface area contributed by atoms with Gasteiger partial charge in [-0.3, -0.25) is 14.9 Å². The lowest BCUT2D eigenvalue weighted by Gasteiger charge is -2.43. The molecule has 2 aliphatic rings. The quantitative estimate of drug-likeness (QED) is 0.897. The molecule has 2 aromatic heterocycles. The van der Waals surface area contributed by atoms with Crippen LogP contribution in [-0.2, 0) is 4.74 Å². The van der Waals surface area contributed by atoms with Gasteiger partial charge in [-0.2, -0.15) is 5.10 Å². The summed E-state index contributed by atoms with van der Waals surface area (Å²) in [4.78, 5) is 21.2. The molecule has 1 amide bonds. The topological polar surface area (TPSA) is 74.3 Å². The van der Waals surface area contributed by atoms with Crippen LogP contribution in [0.1, 0.15) is 23.3 Å². The number of pyridine rings is 1. The van der Waals surface area contributed by atoms with Crippen LogP contribution >= 0.6 is 0 Å². The fourth-order valence-corrected chi connectivity index (χ4v) is 3.93. The summed E-state index contributed by atoms with van der Waals surface area (Å²) >= 11 is 0. The molecule has 1 atom stereocenters. The molecule has 0 saturated carbocycles. The first-order chi connectivity index (χ1) is 12.3. The average molecular weight is 341 g/mol. The van der Waals surface area contributed by atoms with E-state index in [0.29, 0.717) is 25.5 Å². The van der Waals surface area contributed by atoms with Crippen LogP contribution in [0.5, 0.6) is 0 Å². The second-order valence-corrected chi connectivity index (χ2v) is 6.99. The Kier molecular flexibility index (Phi) is 4.40. The third-order valence-electron chi connectivity index (χ3n) is 5.13. The zero-order valence-electron chi connectivity index (χ0n) is 14.2. The largest absolute Gasteiger partial charge is 0.379 e. The molecule has 4 heterocycles. The SMILES string of the molecule is O=C(c1ccn[nH]1)N1CCC[C@]2(COCCN(c3cccnc3)C2)C1. The average Bonchev–Trinajstić information content (AvgIpc) is 3.12. The van der Waals surface area contributed by atoms with E-state index < -0.39 is 0 Å². The second-order valence-electron chi connectivity index (χ2n) is 6.99. The summed E-state index contributed by atoms with van der Waals surface area (Å²) < 4.78 is 5.94. The van der Waals surface area contributed by atoms with Crippen LogP contribution in [0.3, 0.4) is 0 Å². The number of ether oxygens (including phenoxy) is 1. The third-order valence-corrected chi connectivity index (χ3v) is 5.13. The summed E-state index contributed by atoms with van der Waals surface area (Å²) in [6.45, 7) is 4.61. The summed E-state index contributed by atoms with van der Waals surface area (Å²) in [5, 5.41) is 6.68. The van der Waals surface area contributed by atoms with E-state index in [0.717, 1.165) is 38.2 Å². The van der Waals surface area contributed by atoms with Gasteiger partial charge in [0.05, 0.1) is 25.1 Å². The Labute approximate surface area is 147 Å². The molecule has 0 radical (unpaired) electrons. The van der Waals surface area contributed by atoms with Gasteiger partial charge in [0.1, 0.15) is 5.69 Å². The first kappa shape index (κ1) is 16.1. The van der Waals surface area contributed by atoms with Crippen LogP contribution in [0.25, 0.3) is 0 Å². The molecule has 2 fully saturated rings. The number of hydrogen-bond donors (Lipinski definition) is 1. The van der Waals surface area contributed by atoms with Gasteiger partial charge < -0.3 is 14.5 Å². The van der Waals surface area contributed by atoms with Gasteiger partial charge in [0.25, 0.3) is 5.91 Å². The third kappa shape index (κ3) is 3.37. The Hall–Kier alpha value is -2.41. The first-order valence-corrected chi connectivity index (χ1v) is 8.77. The van der Waals surface area contributed by atoms with Crippen molar-refractivity contribution in [2.75, 3.05) is 44.3 Å². The molecule has 0 unspecified atom stereocenters. The highest BCUT2D eigenvalue weighted by Crippen LogP contribution is 2.34. The number of nitrogens with zero attached hydrogens (tertiary/aromatic N) is 4. The van der Waals surface area contributed by atoms with E-state index in [1.807, 2.05) is 17.2 Å². The van der Waals surface area contributed by atoms with Crippen LogP contribution < -0.4 is 4.90 Å². The number of carbonyl (C=O) groups excluding carboxylic acids is 1. The fourth-order valence-electron chi connectivity index (χ4n) is 3.93. The van der Waals surface area contributed by atoms with Gasteiger partial charge in [-0.15, -0.1) is 0 Å². The highest BCUT2D eigenvalue weighted by atomic mass is 16.5. The molecule has 0 aromatic carbocycles. The minimum absolute atomic E-state index is 0.0220. The smallest absolute Gasteiger partial charge is 0.271 e. The standard InChI is InChI=1S/C18H23N5O2/c24-17(16-4-7-20-21-16)23-8-2-5-18(13-23)12-22(9-10-25-14-18)15-3-1-6-19-11-15/h1,3-4,6-7,11H,2,5,8-10,12-14H2,(H,20,21)/t18-/m1/s1. The minimum atomic E-state index is -0.0414. The molecule has 132 valence electrons. The fraction of sp³-hybridized carbons (Fsp3) is 0.500. The Balaban J connectivity index is 1.53. The van der Waals surface area contributed by atoms with Crippen molar-refractivity contribution in [1.82, 2.24) is 20.1 Å². The van der Waals surface area contributed by atoms with Crippen molar-refractivity contribution in [2.45, 2.75) is 12.8 Å². The van der Waals surface area contributed by atoms with E-state index in [2.05, 4.69) is 26.1 Å². The van der Waals surface area contributed by atoms with E-state index in [1.54, 1.807) is 18.5 Å². The van der Waals surface area contributed by atoms with Crippen molar-refractivity contribution in [3.63, 3.8) is 0 Å². The molecule has 0 aliphatic carbocycles. The molecule has 1 spiro atoms. The zero-order valence-corrected chi connectivity index (χ0v) is 14.2. The highest BCUT2D eigenvalue weighted by Gasteiger charge is 2.40. The maximum Gasteiger partial charge on any atom is 0.271 e. The predicted molar refractivity (Wildman–Crippen MR) is 93.4 cm³/mol. The molecule has 7 heteroatoms. The number of carbonyl (C=O) groups is 1. The minimum Gasteiger partial charge on any atom is -0.379 e. The Bertz CT molecular complexity index is 706. The molecule has 2 saturated heterocycles. The van der Waals surface area contributed by atoms with Crippen molar-refractivity contribution >= 4 is 11.6 Å². The molecule has 0 bridgehead atoms. The lowest BCUT2D eigenvalue weighted by Crippen LogP contribution is -2.52. The lowest BCUT2D eigenvalue weighted by atomic mass is 9.80. The molecule has 2 aromatic rings. The Morgan fingerprint density at radius 3 is 3.00 bits per heavy atom. The molecule has 1 N–H and O–H groups in total. The van der Waals surface area contributed by atoms with Crippen molar-refractivity contribution in [1.29, 1.82) is 0 Å². The Morgan fingerprint density at radius 1 is 1.24 bits per heavy atom. The number of nitrogens with one attached hydrogen (secondary N) is 1. The summed E-state index contributed by atoms with van der Waals surface area (Å²) in [6, 6.07) is 5.78. The van der Waals surface area contributed by atoms with Crippen LogP contribution in [-0.4, -0.2) is 65.4 Å². The van der Waals surface area contributed by atoms with E-state index in [1.165, 1.54) is 0 Å². The van der Waals surface area contributed by atoms with Gasteiger partial charge in [-0.1, -0.05) is 0 Å². The molecule has 4 rings (SSSR count). The zero-order chi connectivity index (χ0) is 17.1. The summed E-state index contributed by atoms with van der Waals surface area (Å²) in [6.07, 6.45) is 7.36. The van der Waals surface area contributed by atoms with Gasteiger partial charge >= 0.3 is 0 Å². The van der Waals surface area contributed by atoms with Gasteiger partial charge in [-0.05, 0) is 31.0 Å². The maximum absolute atomic E-state index is 12.7. The Morgan fingerprint density at radius 2 is 2.20 bits per heavy atom. The molecular weight excluding hydrogens is 318 g/mol. The van der Waals surface area contributed by atoms with Gasteiger partial charge in [-0.25, -0.2) is 0 Å². The number of amides is 1. The van der Waals surface area contributed by atoms with Crippen molar-refractivity contribution < 1.29 is 9.53 Å². The van der Waals surface area contributed by atoms with Crippen LogP contribution in [0, 0.1) is 5.41 Å². The van der Waals surface area contributed by atoms with Crippen molar-refractivity contribution in [3.8, 4) is 0 Å². The number of aromatic nitrogens is 3. The molecule has 7 nitrogen and oxygen atoms in total. The van der Waals surface area contributed by atoms with E-state index in [-0.39, 0.29) is 11.3 Å². The number of anilines is 1. The lowest BCUT2D eigenvalue weighted by molar-refractivity contribution is 0.0133. The monoisotopic (exact) mass is 341 g/mol. The molecular formula is C18H23N5O2. The van der Waals surface area contributed by atoms with Crippen LogP contribution in [0.4, 0.5) is 5.69 Å². The van der Waals surface area contributed by atoms with Gasteiger partial charge in [0.15, 0.2) is 0 Å². The van der Waals surface area contributed by atoms with Crippen molar-refractivity contribution in [2.24, 2.45) is 5.41 Å². The normalized spacial score (nSPS) is 24.3. The van der Waals surface area contributed by atoms with E-state index in [4.69, 9.17) is 4.74 Å². The number of likely N-dealkylation sites (tertiary alicyclic amines) is 1. The summed E-state index contributed by atoms with van der Waals surface area (Å²) in [5.41, 5.74) is 1.63.